The first-order valence-corrected chi connectivity index (χ1v) is 7.46. The molecule has 0 atom stereocenters. The highest BCUT2D eigenvalue weighted by Crippen LogP contribution is 2.08. The SMILES string of the molecule is CC(C)Cn1ccnc1NCCCCN(C)C(C)C. The molecule has 0 saturated carbocycles. The van der Waals surface area contributed by atoms with E-state index in [1.807, 2.05) is 6.20 Å². The van der Waals surface area contributed by atoms with Gasteiger partial charge >= 0.3 is 0 Å². The molecule has 0 fully saturated rings. The Morgan fingerprint density at radius 2 is 2.00 bits per heavy atom. The molecule has 1 N–H and O–H groups in total. The third-order valence-corrected chi connectivity index (χ3v) is 3.38. The summed E-state index contributed by atoms with van der Waals surface area (Å²) in [5.41, 5.74) is 0. The van der Waals surface area contributed by atoms with Gasteiger partial charge in [0.05, 0.1) is 0 Å². The van der Waals surface area contributed by atoms with Crippen LogP contribution in [0, 0.1) is 5.92 Å². The molecule has 1 rings (SSSR count). The van der Waals surface area contributed by atoms with E-state index in [9.17, 15) is 0 Å². The minimum Gasteiger partial charge on any atom is -0.356 e. The number of rotatable bonds is 9. The highest BCUT2D eigenvalue weighted by atomic mass is 15.2. The summed E-state index contributed by atoms with van der Waals surface area (Å²) in [6.45, 7) is 12.1. The molecule has 0 radical (unpaired) electrons. The fourth-order valence-electron chi connectivity index (χ4n) is 1.96. The van der Waals surface area contributed by atoms with Crippen LogP contribution in [0.1, 0.15) is 40.5 Å². The van der Waals surface area contributed by atoms with E-state index >= 15 is 0 Å². The highest BCUT2D eigenvalue weighted by molar-refractivity contribution is 5.25. The molecule has 0 unspecified atom stereocenters. The molecule has 1 heterocycles. The summed E-state index contributed by atoms with van der Waals surface area (Å²) in [6, 6.07) is 0.637. The Bertz CT molecular complexity index is 344. The van der Waals surface area contributed by atoms with Crippen LogP contribution in [0.5, 0.6) is 0 Å². The predicted molar refractivity (Wildman–Crippen MR) is 82.6 cm³/mol. The third kappa shape index (κ3) is 6.10. The molecular weight excluding hydrogens is 236 g/mol. The molecule has 1 aromatic heterocycles. The standard InChI is InChI=1S/C15H30N4/c1-13(2)12-19-11-9-17-15(19)16-8-6-7-10-18(5)14(3)4/h9,11,13-14H,6-8,10,12H2,1-5H3,(H,16,17). The van der Waals surface area contributed by atoms with Crippen molar-refractivity contribution in [1.82, 2.24) is 14.5 Å². The summed E-state index contributed by atoms with van der Waals surface area (Å²) in [6.07, 6.45) is 6.34. The topological polar surface area (TPSA) is 33.1 Å². The van der Waals surface area contributed by atoms with Crippen molar-refractivity contribution in [1.29, 1.82) is 0 Å². The Balaban J connectivity index is 2.21. The quantitative estimate of drug-likeness (QED) is 0.697. The Labute approximate surface area is 118 Å². The summed E-state index contributed by atoms with van der Waals surface area (Å²) < 4.78 is 2.20. The van der Waals surface area contributed by atoms with Crippen LogP contribution in [0.25, 0.3) is 0 Å². The van der Waals surface area contributed by atoms with Crippen molar-refractivity contribution in [2.75, 3.05) is 25.5 Å². The van der Waals surface area contributed by atoms with Crippen LogP contribution >= 0.6 is 0 Å². The minimum absolute atomic E-state index is 0.637. The average Bonchev–Trinajstić information content (AvgIpc) is 2.75. The highest BCUT2D eigenvalue weighted by Gasteiger charge is 2.04. The van der Waals surface area contributed by atoms with E-state index in [0.717, 1.165) is 19.0 Å². The Morgan fingerprint density at radius 3 is 2.63 bits per heavy atom. The minimum atomic E-state index is 0.637. The fraction of sp³-hybridized carbons (Fsp3) is 0.800. The van der Waals surface area contributed by atoms with Crippen molar-refractivity contribution in [3.8, 4) is 0 Å². The molecule has 4 nitrogen and oxygen atoms in total. The van der Waals surface area contributed by atoms with Crippen molar-refractivity contribution in [3.63, 3.8) is 0 Å². The van der Waals surface area contributed by atoms with Crippen molar-refractivity contribution in [3.05, 3.63) is 12.4 Å². The zero-order valence-electron chi connectivity index (χ0n) is 13.2. The molecule has 19 heavy (non-hydrogen) atoms. The number of aromatic nitrogens is 2. The van der Waals surface area contributed by atoms with E-state index in [4.69, 9.17) is 0 Å². The van der Waals surface area contributed by atoms with Gasteiger partial charge in [-0.3, -0.25) is 0 Å². The number of imidazole rings is 1. The summed E-state index contributed by atoms with van der Waals surface area (Å²) in [7, 11) is 2.19. The number of hydrogen-bond acceptors (Lipinski definition) is 3. The summed E-state index contributed by atoms with van der Waals surface area (Å²) in [5.74, 6) is 1.65. The summed E-state index contributed by atoms with van der Waals surface area (Å²) >= 11 is 0. The van der Waals surface area contributed by atoms with Crippen molar-refractivity contribution in [2.45, 2.75) is 53.1 Å². The first-order valence-electron chi connectivity index (χ1n) is 7.46. The molecule has 0 aliphatic rings. The molecule has 0 spiro atoms. The number of nitrogens with zero attached hydrogens (tertiary/aromatic N) is 3. The van der Waals surface area contributed by atoms with Gasteiger partial charge in [0, 0.05) is 31.5 Å². The maximum absolute atomic E-state index is 4.37. The van der Waals surface area contributed by atoms with Crippen LogP contribution in [0.15, 0.2) is 12.4 Å². The second-order valence-corrected chi connectivity index (χ2v) is 6.01. The number of nitrogens with one attached hydrogen (secondary N) is 1. The van der Waals surface area contributed by atoms with Crippen molar-refractivity contribution in [2.24, 2.45) is 5.92 Å². The normalized spacial score (nSPS) is 11.8. The van der Waals surface area contributed by atoms with Gasteiger partial charge in [0.25, 0.3) is 0 Å². The second kappa shape index (κ2) is 8.20. The number of unbranched alkanes of at least 4 members (excludes halogenated alkanes) is 1. The molecule has 0 amide bonds. The molecular formula is C15H30N4. The van der Waals surface area contributed by atoms with E-state index in [1.54, 1.807) is 0 Å². The van der Waals surface area contributed by atoms with E-state index in [2.05, 4.69) is 60.7 Å². The Morgan fingerprint density at radius 1 is 1.26 bits per heavy atom. The maximum Gasteiger partial charge on any atom is 0.202 e. The third-order valence-electron chi connectivity index (χ3n) is 3.38. The van der Waals surface area contributed by atoms with Crippen LogP contribution < -0.4 is 5.32 Å². The lowest BCUT2D eigenvalue weighted by atomic mass is 10.2. The molecule has 110 valence electrons. The van der Waals surface area contributed by atoms with Gasteiger partial charge in [-0.25, -0.2) is 4.98 Å². The predicted octanol–water partition coefficient (Wildman–Crippen LogP) is 3.07. The van der Waals surface area contributed by atoms with Gasteiger partial charge < -0.3 is 14.8 Å². The van der Waals surface area contributed by atoms with Crippen LogP contribution in [-0.2, 0) is 6.54 Å². The smallest absolute Gasteiger partial charge is 0.202 e. The van der Waals surface area contributed by atoms with Gasteiger partial charge in [-0.1, -0.05) is 13.8 Å². The summed E-state index contributed by atoms with van der Waals surface area (Å²) in [4.78, 5) is 6.76. The average molecular weight is 266 g/mol. The molecule has 0 aromatic carbocycles. The molecule has 0 aliphatic heterocycles. The molecule has 0 bridgehead atoms. The monoisotopic (exact) mass is 266 g/mol. The van der Waals surface area contributed by atoms with Crippen LogP contribution in [-0.4, -0.2) is 40.6 Å². The molecule has 4 heteroatoms. The maximum atomic E-state index is 4.37. The van der Waals surface area contributed by atoms with Gasteiger partial charge in [0.15, 0.2) is 0 Å². The zero-order chi connectivity index (χ0) is 14.3. The number of hydrogen-bond donors (Lipinski definition) is 1. The number of anilines is 1. The van der Waals surface area contributed by atoms with Gasteiger partial charge in [0.2, 0.25) is 5.95 Å². The summed E-state index contributed by atoms with van der Waals surface area (Å²) in [5, 5.41) is 3.43. The van der Waals surface area contributed by atoms with Gasteiger partial charge in [-0.05, 0) is 46.2 Å². The zero-order valence-corrected chi connectivity index (χ0v) is 13.2. The van der Waals surface area contributed by atoms with Crippen LogP contribution in [0.2, 0.25) is 0 Å². The molecule has 0 saturated heterocycles. The van der Waals surface area contributed by atoms with Crippen molar-refractivity contribution < 1.29 is 0 Å². The lowest BCUT2D eigenvalue weighted by molar-refractivity contribution is 0.269. The largest absolute Gasteiger partial charge is 0.356 e. The molecule has 0 aliphatic carbocycles. The van der Waals surface area contributed by atoms with Gasteiger partial charge in [-0.15, -0.1) is 0 Å². The van der Waals surface area contributed by atoms with E-state index in [0.29, 0.717) is 12.0 Å². The van der Waals surface area contributed by atoms with E-state index in [1.165, 1.54) is 19.4 Å². The second-order valence-electron chi connectivity index (χ2n) is 6.01. The van der Waals surface area contributed by atoms with Crippen LogP contribution in [0.3, 0.4) is 0 Å². The Hall–Kier alpha value is -1.03. The van der Waals surface area contributed by atoms with E-state index < -0.39 is 0 Å². The first kappa shape index (κ1) is 16.0. The van der Waals surface area contributed by atoms with Crippen molar-refractivity contribution >= 4 is 5.95 Å². The first-order chi connectivity index (χ1) is 9.00. The lowest BCUT2D eigenvalue weighted by Gasteiger charge is -2.20. The Kier molecular flexibility index (Phi) is 6.92. The molecule has 1 aromatic rings. The van der Waals surface area contributed by atoms with Gasteiger partial charge in [0.1, 0.15) is 0 Å². The lowest BCUT2D eigenvalue weighted by Crippen LogP contribution is -2.27. The van der Waals surface area contributed by atoms with Gasteiger partial charge in [-0.2, -0.15) is 0 Å². The van der Waals surface area contributed by atoms with Crippen LogP contribution in [0.4, 0.5) is 5.95 Å². The van der Waals surface area contributed by atoms with E-state index in [-0.39, 0.29) is 0 Å². The fourth-order valence-corrected chi connectivity index (χ4v) is 1.96.